The standard InChI is InChI=1S/C31H49Cl3O5/c1-19(8-7-14-27(3,4)39-26(36)31(32,33)34)23-9-10-24-22-12-17-30(37)18-21(38-20(2)35)11-16-29(30,6)25(22)13-15-28(23,24)5/h19,21-25,37H,7-18H2,1-6H3/t19-,21+,22+,23-,24+,25+,28-,29-,30-/m1/s1. The van der Waals surface area contributed by atoms with Gasteiger partial charge in [-0.15, -0.1) is 0 Å². The summed E-state index contributed by atoms with van der Waals surface area (Å²) in [5.41, 5.74) is -1.19. The Bertz CT molecular complexity index is 934. The van der Waals surface area contributed by atoms with E-state index in [1.165, 1.54) is 32.6 Å². The summed E-state index contributed by atoms with van der Waals surface area (Å²) in [6, 6.07) is 0. The van der Waals surface area contributed by atoms with E-state index >= 15 is 0 Å². The molecule has 4 fully saturated rings. The second-order valence-electron chi connectivity index (χ2n) is 14.6. The predicted octanol–water partition coefficient (Wildman–Crippen LogP) is 8.19. The van der Waals surface area contributed by atoms with E-state index < -0.39 is 21.0 Å². The van der Waals surface area contributed by atoms with Crippen LogP contribution in [0.2, 0.25) is 0 Å². The molecule has 0 bridgehead atoms. The third-order valence-electron chi connectivity index (χ3n) is 11.9. The molecule has 4 saturated carbocycles. The molecule has 5 nitrogen and oxygen atoms in total. The number of alkyl halides is 3. The molecule has 0 saturated heterocycles. The normalized spacial score (nSPS) is 41.1. The molecule has 4 aliphatic rings. The minimum absolute atomic E-state index is 0.104. The summed E-state index contributed by atoms with van der Waals surface area (Å²) in [5, 5.41) is 11.9. The molecule has 0 spiro atoms. The van der Waals surface area contributed by atoms with Gasteiger partial charge in [-0.05, 0) is 118 Å². The Hall–Kier alpha value is -0.230. The maximum absolute atomic E-state index is 12.0. The highest BCUT2D eigenvalue weighted by Crippen LogP contribution is 2.69. The molecule has 1 N–H and O–H groups in total. The van der Waals surface area contributed by atoms with E-state index in [1.807, 2.05) is 13.8 Å². The molecule has 9 atom stereocenters. The van der Waals surface area contributed by atoms with E-state index in [1.54, 1.807) is 0 Å². The predicted molar refractivity (Wildman–Crippen MR) is 156 cm³/mol. The van der Waals surface area contributed by atoms with Gasteiger partial charge in [0.25, 0.3) is 3.79 Å². The topological polar surface area (TPSA) is 72.8 Å². The zero-order valence-electron chi connectivity index (χ0n) is 24.7. The van der Waals surface area contributed by atoms with Gasteiger partial charge >= 0.3 is 11.9 Å². The van der Waals surface area contributed by atoms with E-state index in [-0.39, 0.29) is 17.5 Å². The van der Waals surface area contributed by atoms with E-state index in [2.05, 4.69) is 20.8 Å². The molecule has 4 rings (SSSR count). The Morgan fingerprint density at radius 3 is 2.33 bits per heavy atom. The summed E-state index contributed by atoms with van der Waals surface area (Å²) >= 11 is 17.1. The Labute approximate surface area is 250 Å². The van der Waals surface area contributed by atoms with Gasteiger partial charge in [0.1, 0.15) is 11.7 Å². The lowest BCUT2D eigenvalue weighted by molar-refractivity contribution is -0.224. The zero-order chi connectivity index (χ0) is 29.0. The van der Waals surface area contributed by atoms with Gasteiger partial charge in [0, 0.05) is 13.3 Å². The third-order valence-corrected chi connectivity index (χ3v) is 12.4. The fraction of sp³-hybridized carbons (Fsp3) is 0.935. The van der Waals surface area contributed by atoms with Crippen LogP contribution in [0.25, 0.3) is 0 Å². The molecule has 0 amide bonds. The molecule has 0 aromatic carbocycles. The first-order chi connectivity index (χ1) is 17.9. The van der Waals surface area contributed by atoms with Crippen molar-refractivity contribution in [1.29, 1.82) is 0 Å². The zero-order valence-corrected chi connectivity index (χ0v) is 26.9. The first-order valence-electron chi connectivity index (χ1n) is 15.1. The highest BCUT2D eigenvalue weighted by molar-refractivity contribution is 6.75. The van der Waals surface area contributed by atoms with E-state index in [0.29, 0.717) is 41.4 Å². The molecular formula is C31H49Cl3O5. The summed E-state index contributed by atoms with van der Waals surface area (Å²) in [5.74, 6) is 2.12. The van der Waals surface area contributed by atoms with Gasteiger partial charge < -0.3 is 14.6 Å². The Kier molecular flexibility index (Phi) is 9.04. The molecule has 8 heteroatoms. The highest BCUT2D eigenvalue weighted by atomic mass is 35.6. The molecule has 0 heterocycles. The van der Waals surface area contributed by atoms with Gasteiger partial charge in [-0.2, -0.15) is 0 Å². The van der Waals surface area contributed by atoms with Crippen molar-refractivity contribution in [2.45, 2.75) is 140 Å². The van der Waals surface area contributed by atoms with Crippen LogP contribution in [0.1, 0.15) is 119 Å². The largest absolute Gasteiger partial charge is 0.462 e. The van der Waals surface area contributed by atoms with Crippen LogP contribution in [0.4, 0.5) is 0 Å². The van der Waals surface area contributed by atoms with Gasteiger partial charge in [0.2, 0.25) is 0 Å². The molecule has 0 aromatic rings. The Morgan fingerprint density at radius 1 is 1.00 bits per heavy atom. The van der Waals surface area contributed by atoms with E-state index in [9.17, 15) is 14.7 Å². The van der Waals surface area contributed by atoms with Crippen LogP contribution in [0, 0.1) is 40.4 Å². The van der Waals surface area contributed by atoms with Crippen molar-refractivity contribution >= 4 is 46.7 Å². The smallest absolute Gasteiger partial charge is 0.359 e. The van der Waals surface area contributed by atoms with Crippen molar-refractivity contribution in [2.24, 2.45) is 40.4 Å². The molecule has 0 aliphatic heterocycles. The van der Waals surface area contributed by atoms with Gasteiger partial charge in [0.15, 0.2) is 0 Å². The highest BCUT2D eigenvalue weighted by Gasteiger charge is 2.65. The van der Waals surface area contributed by atoms with Crippen LogP contribution in [0.15, 0.2) is 0 Å². The van der Waals surface area contributed by atoms with Crippen LogP contribution in [0.3, 0.4) is 0 Å². The molecule has 4 aliphatic carbocycles. The first-order valence-corrected chi connectivity index (χ1v) is 16.2. The maximum Gasteiger partial charge on any atom is 0.359 e. The van der Waals surface area contributed by atoms with E-state index in [0.717, 1.165) is 44.9 Å². The summed E-state index contributed by atoms with van der Waals surface area (Å²) in [7, 11) is 0. The molecule has 0 radical (unpaired) electrons. The van der Waals surface area contributed by atoms with Crippen molar-refractivity contribution in [1.82, 2.24) is 0 Å². The Morgan fingerprint density at radius 2 is 1.69 bits per heavy atom. The van der Waals surface area contributed by atoms with Gasteiger partial charge in [-0.1, -0.05) is 62.0 Å². The molecular weight excluding hydrogens is 559 g/mol. The number of hydrogen-bond donors (Lipinski definition) is 1. The van der Waals surface area contributed by atoms with Crippen molar-refractivity contribution in [3.63, 3.8) is 0 Å². The van der Waals surface area contributed by atoms with Crippen LogP contribution < -0.4 is 0 Å². The lowest BCUT2D eigenvalue weighted by Crippen LogP contribution is -2.63. The average molecular weight is 608 g/mol. The summed E-state index contributed by atoms with van der Waals surface area (Å²) in [4.78, 5) is 23.6. The lowest BCUT2D eigenvalue weighted by Gasteiger charge is -2.64. The molecule has 39 heavy (non-hydrogen) atoms. The number of esters is 2. The molecule has 0 unspecified atom stereocenters. The number of rotatable bonds is 7. The second kappa shape index (κ2) is 11.1. The Balaban J connectivity index is 1.37. The van der Waals surface area contributed by atoms with Crippen molar-refractivity contribution < 1.29 is 24.2 Å². The quantitative estimate of drug-likeness (QED) is 0.233. The van der Waals surface area contributed by atoms with Crippen LogP contribution in [-0.2, 0) is 19.1 Å². The second-order valence-corrected chi connectivity index (χ2v) is 16.9. The van der Waals surface area contributed by atoms with Crippen LogP contribution in [-0.4, -0.2) is 38.1 Å². The number of halogens is 3. The van der Waals surface area contributed by atoms with Crippen molar-refractivity contribution in [2.75, 3.05) is 0 Å². The fourth-order valence-corrected chi connectivity index (χ4v) is 10.0. The maximum atomic E-state index is 12.0. The van der Waals surface area contributed by atoms with Gasteiger partial charge in [-0.25, -0.2) is 4.79 Å². The SMILES string of the molecule is CC(=O)O[C@H]1CC[C@]2(C)[C@H]3CC[C@]4(C)[C@@H]([C@H](C)CCCC(C)(C)OC(=O)C(Cl)(Cl)Cl)CC[C@H]4[C@@H]3CC[C@@]2(O)C1. The first kappa shape index (κ1) is 31.7. The van der Waals surface area contributed by atoms with E-state index in [4.69, 9.17) is 44.3 Å². The van der Waals surface area contributed by atoms with Crippen molar-refractivity contribution in [3.05, 3.63) is 0 Å². The van der Waals surface area contributed by atoms with Gasteiger partial charge in [-0.3, -0.25) is 4.79 Å². The number of ether oxygens (including phenoxy) is 2. The minimum atomic E-state index is -2.05. The number of carbonyl (C=O) groups excluding carboxylic acids is 2. The van der Waals surface area contributed by atoms with Crippen LogP contribution in [0.5, 0.6) is 0 Å². The van der Waals surface area contributed by atoms with Gasteiger partial charge in [0.05, 0.1) is 5.60 Å². The summed E-state index contributed by atoms with van der Waals surface area (Å²) < 4.78 is 8.99. The molecule has 224 valence electrons. The number of fused-ring (bicyclic) bond motifs is 5. The average Bonchev–Trinajstić information content (AvgIpc) is 3.15. The van der Waals surface area contributed by atoms with Crippen LogP contribution >= 0.6 is 34.8 Å². The molecule has 0 aromatic heterocycles. The third kappa shape index (κ3) is 6.13. The summed E-state index contributed by atoms with van der Waals surface area (Å²) in [6.45, 7) is 12.5. The summed E-state index contributed by atoms with van der Waals surface area (Å²) in [6.07, 6.45) is 11.8. The monoisotopic (exact) mass is 606 g/mol. The number of aliphatic hydroxyl groups is 1. The minimum Gasteiger partial charge on any atom is -0.462 e. The van der Waals surface area contributed by atoms with Crippen molar-refractivity contribution in [3.8, 4) is 0 Å². The lowest BCUT2D eigenvalue weighted by atomic mass is 9.43. The fourth-order valence-electron chi connectivity index (χ4n) is 9.93. The number of carbonyl (C=O) groups is 2. The number of hydrogen-bond acceptors (Lipinski definition) is 5.